The van der Waals surface area contributed by atoms with E-state index in [0.29, 0.717) is 26.1 Å². The van der Waals surface area contributed by atoms with Crippen molar-refractivity contribution >= 4 is 34.7 Å². The number of carboxylic acid groups (broad SMARTS) is 1. The first-order valence-electron chi connectivity index (χ1n) is 17.7. The molecule has 0 fully saturated rings. The number of nitrogens with one attached hydrogen (secondary N) is 3. The minimum Gasteiger partial charge on any atom is -0.465 e. The normalized spacial score (nSPS) is 12.6. The van der Waals surface area contributed by atoms with Crippen LogP contribution in [0.3, 0.4) is 0 Å². The molecule has 4 N–H and O–H groups in total. The molecule has 1 heterocycles. The maximum atomic E-state index is 14.6. The third-order valence-electron chi connectivity index (χ3n) is 8.42. The van der Waals surface area contributed by atoms with Crippen LogP contribution in [0.15, 0.2) is 67.0 Å². The fraction of sp³-hybridized carbons (Fsp3) is 0.500. The molecule has 3 rings (SSSR count). The number of hydrogen-bond donors (Lipinski definition) is 4. The number of carbonyl (C=O) groups excluding carboxylic acids is 3. The molecule has 0 aliphatic carbocycles. The van der Waals surface area contributed by atoms with E-state index in [-0.39, 0.29) is 32.0 Å². The topological polar surface area (TPSA) is 172 Å². The first kappa shape index (κ1) is 41.6. The summed E-state index contributed by atoms with van der Waals surface area (Å²) < 4.78 is 11.9. The van der Waals surface area contributed by atoms with Gasteiger partial charge >= 0.3 is 12.1 Å². The van der Waals surface area contributed by atoms with Crippen molar-refractivity contribution in [3.8, 4) is 0 Å². The molecule has 0 spiro atoms. The van der Waals surface area contributed by atoms with E-state index < -0.39 is 48.6 Å². The molecule has 14 nitrogen and oxygen atoms in total. The van der Waals surface area contributed by atoms with Crippen molar-refractivity contribution in [2.24, 2.45) is 0 Å². The van der Waals surface area contributed by atoms with Crippen LogP contribution >= 0.6 is 0 Å². The zero-order valence-corrected chi connectivity index (χ0v) is 31.1. The number of benzene rings is 2. The van der Waals surface area contributed by atoms with E-state index in [1.165, 1.54) is 4.90 Å². The van der Waals surface area contributed by atoms with E-state index >= 15 is 0 Å². The summed E-state index contributed by atoms with van der Waals surface area (Å²) in [6, 6.07) is 15.1. The Balaban J connectivity index is 1.82. The van der Waals surface area contributed by atoms with Gasteiger partial charge in [0.2, 0.25) is 11.8 Å². The fourth-order valence-electron chi connectivity index (χ4n) is 5.75. The van der Waals surface area contributed by atoms with E-state index in [2.05, 4.69) is 21.1 Å². The van der Waals surface area contributed by atoms with Crippen molar-refractivity contribution in [1.29, 1.82) is 0 Å². The van der Waals surface area contributed by atoms with Gasteiger partial charge in [-0.25, -0.2) is 15.1 Å². The van der Waals surface area contributed by atoms with Crippen molar-refractivity contribution in [3.05, 3.63) is 78.1 Å². The van der Waals surface area contributed by atoms with Gasteiger partial charge in [0.1, 0.15) is 6.04 Å². The number of aromatic nitrogens is 1. The van der Waals surface area contributed by atoms with Crippen molar-refractivity contribution in [3.63, 3.8) is 0 Å². The summed E-state index contributed by atoms with van der Waals surface area (Å²) in [5, 5.41) is 17.2. The molecular weight excluding hydrogens is 668 g/mol. The van der Waals surface area contributed by atoms with Gasteiger partial charge in [0.05, 0.1) is 6.04 Å². The predicted molar refractivity (Wildman–Crippen MR) is 197 cm³/mol. The molecule has 2 atom stereocenters. The number of fused-ring (bicyclic) bond motifs is 1. The van der Waals surface area contributed by atoms with Gasteiger partial charge in [-0.15, -0.1) is 0 Å². The van der Waals surface area contributed by atoms with E-state index in [4.69, 9.17) is 14.3 Å². The number of pyridine rings is 1. The Bertz CT molecular complexity index is 1570. The average molecular weight is 723 g/mol. The minimum atomic E-state index is -1.03. The number of rotatable bonds is 20. The number of amides is 5. The lowest BCUT2D eigenvalue weighted by Crippen LogP contribution is -2.55. The minimum absolute atomic E-state index is 0.205. The maximum Gasteiger partial charge on any atom is 0.407 e. The first-order chi connectivity index (χ1) is 24.8. The van der Waals surface area contributed by atoms with Gasteiger partial charge in [-0.2, -0.15) is 0 Å². The smallest absolute Gasteiger partial charge is 0.407 e. The molecule has 1 aromatic heterocycles. The molecule has 0 radical (unpaired) electrons. The molecule has 2 aromatic carbocycles. The summed E-state index contributed by atoms with van der Waals surface area (Å²) in [7, 11) is 0. The lowest BCUT2D eigenvalue weighted by atomic mass is 10.0. The van der Waals surface area contributed by atoms with E-state index in [0.717, 1.165) is 21.9 Å². The summed E-state index contributed by atoms with van der Waals surface area (Å²) in [6.45, 7) is 11.9. The SMILES string of the molecule is CCOC(OCC)[C@H](C)N(Cc1cccc2ccccc12)C(=O)[C@H](CCCCN(C(=O)O)C(C)(C)C)NC(=O)CONC(=O)NCc1ccncc1. The third kappa shape index (κ3) is 13.1. The molecule has 284 valence electrons. The molecule has 14 heteroatoms. The second kappa shape index (κ2) is 20.9. The molecule has 52 heavy (non-hydrogen) atoms. The summed E-state index contributed by atoms with van der Waals surface area (Å²) in [5.41, 5.74) is 3.32. The monoisotopic (exact) mass is 722 g/mol. The molecule has 5 amide bonds. The lowest BCUT2D eigenvalue weighted by molar-refractivity contribution is -0.180. The van der Waals surface area contributed by atoms with Gasteiger partial charge in [-0.1, -0.05) is 42.5 Å². The van der Waals surface area contributed by atoms with Gasteiger partial charge in [0.25, 0.3) is 0 Å². The number of urea groups is 1. The Hall–Kier alpha value is -4.79. The summed E-state index contributed by atoms with van der Waals surface area (Å²) in [5.74, 6) is -0.995. The second-order valence-electron chi connectivity index (χ2n) is 13.3. The maximum absolute atomic E-state index is 14.6. The molecule has 0 unspecified atom stereocenters. The Morgan fingerprint density at radius 2 is 1.60 bits per heavy atom. The third-order valence-corrected chi connectivity index (χ3v) is 8.42. The van der Waals surface area contributed by atoms with Crippen LogP contribution in [0.25, 0.3) is 10.8 Å². The van der Waals surface area contributed by atoms with Crippen LogP contribution in [-0.4, -0.2) is 94.1 Å². The first-order valence-corrected chi connectivity index (χ1v) is 17.7. The number of hydroxylamine groups is 1. The number of unbranched alkanes of at least 4 members (excludes halogenated alkanes) is 1. The van der Waals surface area contributed by atoms with E-state index in [9.17, 15) is 24.3 Å². The average Bonchev–Trinajstić information content (AvgIpc) is 3.11. The Labute approximate surface area is 306 Å². The van der Waals surface area contributed by atoms with Crippen LogP contribution < -0.4 is 16.1 Å². The van der Waals surface area contributed by atoms with Crippen LogP contribution in [0.5, 0.6) is 0 Å². The number of hydrogen-bond acceptors (Lipinski definition) is 8. The van der Waals surface area contributed by atoms with Gasteiger partial charge in [0.15, 0.2) is 12.9 Å². The molecule has 0 saturated heterocycles. The number of ether oxygens (including phenoxy) is 2. The van der Waals surface area contributed by atoms with Gasteiger partial charge in [0, 0.05) is 50.8 Å². The Morgan fingerprint density at radius 3 is 2.25 bits per heavy atom. The Morgan fingerprint density at radius 1 is 0.923 bits per heavy atom. The molecule has 0 saturated carbocycles. The van der Waals surface area contributed by atoms with Crippen molar-refractivity contribution in [2.75, 3.05) is 26.4 Å². The molecule has 0 bridgehead atoms. The molecule has 0 aliphatic heterocycles. The highest BCUT2D eigenvalue weighted by molar-refractivity contribution is 5.89. The zero-order chi connectivity index (χ0) is 38.1. The van der Waals surface area contributed by atoms with E-state index in [1.807, 2.05) is 84.0 Å². The standard InChI is InChI=1S/C38H54N6O8/c1-7-50-35(51-8-2)27(3)43(25-30-16-13-15-29-14-9-10-17-31(29)30)34(46)32(18-11-12-23-44(37(48)49)38(4,5)6)41-33(45)26-52-42-36(47)40-24-28-19-21-39-22-20-28/h9-10,13-17,19-22,27,32,35H,7-8,11-12,18,23-26H2,1-6H3,(H,41,45)(H,48,49)(H2,40,42,47)/t27-,32-/m0/s1. The van der Waals surface area contributed by atoms with Crippen molar-refractivity contribution in [1.82, 2.24) is 30.9 Å². The van der Waals surface area contributed by atoms with E-state index in [1.54, 1.807) is 29.4 Å². The highest BCUT2D eigenvalue weighted by atomic mass is 16.7. The van der Waals surface area contributed by atoms with Crippen LogP contribution in [0, 0.1) is 0 Å². The summed E-state index contributed by atoms with van der Waals surface area (Å²) in [6.07, 6.45) is 2.56. The summed E-state index contributed by atoms with van der Waals surface area (Å²) >= 11 is 0. The van der Waals surface area contributed by atoms with Crippen molar-refractivity contribution < 1.29 is 38.6 Å². The zero-order valence-electron chi connectivity index (χ0n) is 31.1. The second-order valence-corrected chi connectivity index (χ2v) is 13.3. The van der Waals surface area contributed by atoms with Gasteiger partial charge in [-0.05, 0) is 94.8 Å². The number of carbonyl (C=O) groups is 4. The summed E-state index contributed by atoms with van der Waals surface area (Å²) in [4.78, 5) is 64.2. The lowest BCUT2D eigenvalue weighted by Gasteiger charge is -2.37. The molecule has 3 aromatic rings. The number of nitrogens with zero attached hydrogens (tertiary/aromatic N) is 3. The molecular formula is C38H54N6O8. The Kier molecular flexibility index (Phi) is 16.7. The quantitative estimate of drug-likeness (QED) is 0.0694. The van der Waals surface area contributed by atoms with Gasteiger partial charge in [-0.3, -0.25) is 19.4 Å². The fourth-order valence-corrected chi connectivity index (χ4v) is 5.75. The van der Waals surface area contributed by atoms with Crippen LogP contribution in [-0.2, 0) is 37.0 Å². The predicted octanol–water partition coefficient (Wildman–Crippen LogP) is 5.22. The highest BCUT2D eigenvalue weighted by Crippen LogP contribution is 2.24. The van der Waals surface area contributed by atoms with Gasteiger partial charge < -0.3 is 35.0 Å². The van der Waals surface area contributed by atoms with Crippen LogP contribution in [0.1, 0.15) is 71.9 Å². The van der Waals surface area contributed by atoms with Crippen LogP contribution in [0.4, 0.5) is 9.59 Å². The van der Waals surface area contributed by atoms with Crippen LogP contribution in [0.2, 0.25) is 0 Å². The highest BCUT2D eigenvalue weighted by Gasteiger charge is 2.34. The van der Waals surface area contributed by atoms with Crippen molar-refractivity contribution in [2.45, 2.75) is 97.8 Å². The largest absolute Gasteiger partial charge is 0.465 e. The molecule has 0 aliphatic rings.